The molecule has 1 aromatic rings. The third-order valence-electron chi connectivity index (χ3n) is 3.96. The van der Waals surface area contributed by atoms with Gasteiger partial charge in [-0.1, -0.05) is 45.9 Å². The SMILES string of the molecule is Cc1cccc(C(C)C)c1NC(=O)/C(C#N)=C\NC(CC(C)C)C(=O)O. The Morgan fingerprint density at radius 1 is 1.27 bits per heavy atom. The Bertz CT molecular complexity index is 730. The number of aryl methyl sites for hydroxylation is 1. The summed E-state index contributed by atoms with van der Waals surface area (Å²) in [7, 11) is 0. The second-order valence-corrected chi connectivity index (χ2v) is 7.00. The van der Waals surface area contributed by atoms with Gasteiger partial charge in [0.05, 0.1) is 0 Å². The Morgan fingerprint density at radius 3 is 2.42 bits per heavy atom. The Morgan fingerprint density at radius 2 is 1.92 bits per heavy atom. The van der Waals surface area contributed by atoms with Crippen molar-refractivity contribution in [1.29, 1.82) is 5.26 Å². The minimum Gasteiger partial charge on any atom is -0.480 e. The van der Waals surface area contributed by atoms with Gasteiger partial charge in [0.15, 0.2) is 0 Å². The Kier molecular flexibility index (Phi) is 7.85. The molecule has 0 aliphatic heterocycles. The first-order valence-corrected chi connectivity index (χ1v) is 8.67. The first-order valence-electron chi connectivity index (χ1n) is 8.67. The molecule has 0 spiro atoms. The molecule has 1 unspecified atom stereocenters. The van der Waals surface area contributed by atoms with Crippen LogP contribution >= 0.6 is 0 Å². The van der Waals surface area contributed by atoms with E-state index in [0.717, 1.165) is 11.1 Å². The van der Waals surface area contributed by atoms with Gasteiger partial charge in [-0.2, -0.15) is 5.26 Å². The monoisotopic (exact) mass is 357 g/mol. The van der Waals surface area contributed by atoms with Crippen LogP contribution in [0.5, 0.6) is 0 Å². The van der Waals surface area contributed by atoms with Crippen LogP contribution in [0.15, 0.2) is 30.0 Å². The zero-order valence-electron chi connectivity index (χ0n) is 16.0. The number of carbonyl (C=O) groups is 2. The van der Waals surface area contributed by atoms with E-state index in [4.69, 9.17) is 0 Å². The fourth-order valence-corrected chi connectivity index (χ4v) is 2.57. The van der Waals surface area contributed by atoms with Crippen molar-refractivity contribution in [2.24, 2.45) is 5.92 Å². The zero-order chi connectivity index (χ0) is 19.9. The summed E-state index contributed by atoms with van der Waals surface area (Å²) in [6.45, 7) is 9.75. The molecule has 3 N–H and O–H groups in total. The van der Waals surface area contributed by atoms with Gasteiger partial charge in [0.2, 0.25) is 0 Å². The maximum absolute atomic E-state index is 12.5. The molecule has 0 bridgehead atoms. The van der Waals surface area contributed by atoms with Crippen molar-refractivity contribution in [3.05, 3.63) is 41.1 Å². The molecule has 1 aromatic carbocycles. The summed E-state index contributed by atoms with van der Waals surface area (Å²) in [5, 5.41) is 24.0. The summed E-state index contributed by atoms with van der Waals surface area (Å²) in [6.07, 6.45) is 1.57. The zero-order valence-corrected chi connectivity index (χ0v) is 16.0. The molecule has 0 saturated carbocycles. The van der Waals surface area contributed by atoms with Crippen molar-refractivity contribution in [3.8, 4) is 6.07 Å². The van der Waals surface area contributed by atoms with Gasteiger partial charge < -0.3 is 15.7 Å². The lowest BCUT2D eigenvalue weighted by atomic mass is 9.98. The van der Waals surface area contributed by atoms with E-state index >= 15 is 0 Å². The van der Waals surface area contributed by atoms with Gasteiger partial charge in [0.1, 0.15) is 17.7 Å². The molecule has 0 saturated heterocycles. The first-order chi connectivity index (χ1) is 12.2. The number of carboxylic acid groups (broad SMARTS) is 1. The second kappa shape index (κ2) is 9.62. The molecule has 6 heteroatoms. The van der Waals surface area contributed by atoms with Crippen LogP contribution in [-0.4, -0.2) is 23.0 Å². The lowest BCUT2D eigenvalue weighted by Crippen LogP contribution is -2.35. The van der Waals surface area contributed by atoms with Gasteiger partial charge in [-0.15, -0.1) is 0 Å². The molecule has 0 aliphatic carbocycles. The van der Waals surface area contributed by atoms with Gasteiger partial charge >= 0.3 is 5.97 Å². The number of nitrogens with zero attached hydrogens (tertiary/aromatic N) is 1. The highest BCUT2D eigenvalue weighted by molar-refractivity contribution is 6.07. The number of anilines is 1. The predicted octanol–water partition coefficient (Wildman–Crippen LogP) is 3.55. The summed E-state index contributed by atoms with van der Waals surface area (Å²) < 4.78 is 0. The van der Waals surface area contributed by atoms with Gasteiger partial charge in [0.25, 0.3) is 5.91 Å². The molecule has 0 aromatic heterocycles. The van der Waals surface area contributed by atoms with E-state index in [1.165, 1.54) is 6.20 Å². The number of carbonyl (C=O) groups excluding carboxylic acids is 1. The molecule has 0 fully saturated rings. The van der Waals surface area contributed by atoms with E-state index in [1.807, 2.05) is 58.9 Å². The second-order valence-electron chi connectivity index (χ2n) is 7.00. The van der Waals surface area contributed by atoms with Crippen LogP contribution in [0.4, 0.5) is 5.69 Å². The number of nitriles is 1. The molecule has 0 heterocycles. The summed E-state index contributed by atoms with van der Waals surface area (Å²) in [5.41, 5.74) is 2.40. The van der Waals surface area contributed by atoms with Gasteiger partial charge in [-0.3, -0.25) is 4.79 Å². The highest BCUT2D eigenvalue weighted by Gasteiger charge is 2.19. The quantitative estimate of drug-likeness (QED) is 0.488. The lowest BCUT2D eigenvalue weighted by Gasteiger charge is -2.17. The Hall–Kier alpha value is -2.81. The third kappa shape index (κ3) is 5.92. The topological polar surface area (TPSA) is 102 Å². The third-order valence-corrected chi connectivity index (χ3v) is 3.96. The number of hydrogen-bond acceptors (Lipinski definition) is 4. The molecular formula is C20H27N3O3. The normalized spacial score (nSPS) is 12.6. The molecular weight excluding hydrogens is 330 g/mol. The smallest absolute Gasteiger partial charge is 0.326 e. The van der Waals surface area contributed by atoms with E-state index in [0.29, 0.717) is 12.1 Å². The van der Waals surface area contributed by atoms with Crippen molar-refractivity contribution in [3.63, 3.8) is 0 Å². The van der Waals surface area contributed by atoms with E-state index in [1.54, 1.807) is 0 Å². The number of para-hydroxylation sites is 1. The maximum atomic E-state index is 12.5. The fourth-order valence-electron chi connectivity index (χ4n) is 2.57. The summed E-state index contributed by atoms with van der Waals surface area (Å²) >= 11 is 0. The Balaban J connectivity index is 3.00. The predicted molar refractivity (Wildman–Crippen MR) is 102 cm³/mol. The number of nitrogens with one attached hydrogen (secondary N) is 2. The van der Waals surface area contributed by atoms with E-state index in [2.05, 4.69) is 10.6 Å². The number of aliphatic carboxylic acids is 1. The van der Waals surface area contributed by atoms with E-state index < -0.39 is 17.9 Å². The minimum absolute atomic E-state index is 0.164. The van der Waals surface area contributed by atoms with Crippen LogP contribution in [0.3, 0.4) is 0 Å². The molecule has 26 heavy (non-hydrogen) atoms. The Labute approximate surface area is 154 Å². The molecule has 140 valence electrons. The summed E-state index contributed by atoms with van der Waals surface area (Å²) in [6, 6.07) is 6.73. The molecule has 1 amide bonds. The van der Waals surface area contributed by atoms with Gasteiger partial charge in [-0.05, 0) is 36.3 Å². The number of carboxylic acids is 1. The lowest BCUT2D eigenvalue weighted by molar-refractivity contribution is -0.139. The van der Waals surface area contributed by atoms with Crippen LogP contribution in [-0.2, 0) is 9.59 Å². The molecule has 0 radical (unpaired) electrons. The number of hydrogen-bond donors (Lipinski definition) is 3. The highest BCUT2D eigenvalue weighted by atomic mass is 16.4. The average molecular weight is 357 g/mol. The van der Waals surface area contributed by atoms with E-state index in [9.17, 15) is 20.0 Å². The van der Waals surface area contributed by atoms with Crippen LogP contribution in [0.2, 0.25) is 0 Å². The summed E-state index contributed by atoms with van der Waals surface area (Å²) in [5.74, 6) is -1.21. The summed E-state index contributed by atoms with van der Waals surface area (Å²) in [4.78, 5) is 23.8. The highest BCUT2D eigenvalue weighted by Crippen LogP contribution is 2.27. The fraction of sp³-hybridized carbons (Fsp3) is 0.450. The van der Waals surface area contributed by atoms with Crippen molar-refractivity contribution >= 4 is 17.6 Å². The first kappa shape index (κ1) is 21.2. The van der Waals surface area contributed by atoms with E-state index in [-0.39, 0.29) is 17.4 Å². The van der Waals surface area contributed by atoms with Crippen LogP contribution in [0.1, 0.15) is 51.2 Å². The molecule has 1 atom stereocenters. The van der Waals surface area contributed by atoms with Crippen LogP contribution in [0, 0.1) is 24.2 Å². The molecule has 1 rings (SSSR count). The van der Waals surface area contributed by atoms with Crippen molar-refractivity contribution in [1.82, 2.24) is 5.32 Å². The van der Waals surface area contributed by atoms with Crippen molar-refractivity contribution in [2.45, 2.75) is 53.0 Å². The number of amides is 1. The average Bonchev–Trinajstić information content (AvgIpc) is 2.55. The van der Waals surface area contributed by atoms with Crippen molar-refractivity contribution < 1.29 is 14.7 Å². The van der Waals surface area contributed by atoms with Crippen molar-refractivity contribution in [2.75, 3.05) is 5.32 Å². The maximum Gasteiger partial charge on any atom is 0.326 e. The molecule has 0 aliphatic rings. The molecule has 6 nitrogen and oxygen atoms in total. The standard InChI is InChI=1S/C20H27N3O3/c1-12(2)9-17(20(25)26)22-11-15(10-21)19(24)23-18-14(5)7-6-8-16(18)13(3)4/h6-8,11-13,17,22H,9H2,1-5H3,(H,23,24)(H,25,26)/b15-11-. The van der Waals surface area contributed by atoms with Crippen LogP contribution in [0.25, 0.3) is 0 Å². The number of rotatable bonds is 8. The van der Waals surface area contributed by atoms with Crippen LogP contribution < -0.4 is 10.6 Å². The minimum atomic E-state index is -1.02. The van der Waals surface area contributed by atoms with Gasteiger partial charge in [-0.25, -0.2) is 4.79 Å². The van der Waals surface area contributed by atoms with Gasteiger partial charge in [0, 0.05) is 11.9 Å². The number of benzene rings is 1. The largest absolute Gasteiger partial charge is 0.480 e.